The fraction of sp³-hybridized carbons (Fsp3) is 0.161. The zero-order valence-electron chi connectivity index (χ0n) is 26.7. The van der Waals surface area contributed by atoms with Crippen LogP contribution in [0, 0.1) is 0 Å². The summed E-state index contributed by atoms with van der Waals surface area (Å²) in [6, 6.07) is 9.16. The third-order valence-electron chi connectivity index (χ3n) is 7.64. The first-order chi connectivity index (χ1) is 24.0. The predicted molar refractivity (Wildman–Crippen MR) is 180 cm³/mol. The zero-order chi connectivity index (χ0) is 37.2. The molecule has 2 aliphatic heterocycles. The van der Waals surface area contributed by atoms with Crippen LogP contribution < -0.4 is 15.6 Å². The van der Waals surface area contributed by atoms with Gasteiger partial charge in [0.1, 0.15) is 0 Å². The first-order valence-corrected chi connectivity index (χ1v) is 17.7. The number of aromatic nitrogens is 2. The van der Waals surface area contributed by atoms with Crippen molar-refractivity contribution >= 4 is 61.3 Å². The highest BCUT2D eigenvalue weighted by Gasteiger charge is 2.35. The van der Waals surface area contributed by atoms with Crippen molar-refractivity contribution in [3.05, 3.63) is 89.3 Å². The molecule has 0 aliphatic carbocycles. The number of hydrazone groups is 1. The highest BCUT2D eigenvalue weighted by atomic mass is 32.2. The summed E-state index contributed by atoms with van der Waals surface area (Å²) in [5.74, 6) is -3.01. The SMILES string of the molecule is CNC(=O)C1=NN(c2ccc(S(=O)(=O)O)cc2)C(=O)\C1=C/C=C(/C=C/c1c(C(=O)NC)nn(-c2ccc(S(=O)(=O)O)cc2)c1O)N1CCCC1=O. The third kappa shape index (κ3) is 7.48. The smallest absolute Gasteiger partial charge is 0.294 e. The molecule has 0 unspecified atom stereocenters. The summed E-state index contributed by atoms with van der Waals surface area (Å²) in [5.41, 5.74) is -0.419. The van der Waals surface area contributed by atoms with Crippen LogP contribution in [0.4, 0.5) is 5.69 Å². The van der Waals surface area contributed by atoms with E-state index in [0.29, 0.717) is 6.42 Å². The number of amides is 4. The molecule has 4 amide bonds. The number of benzene rings is 2. The minimum atomic E-state index is -4.52. The van der Waals surface area contributed by atoms with Crippen LogP contribution in [0.1, 0.15) is 28.9 Å². The van der Waals surface area contributed by atoms with E-state index < -0.39 is 53.6 Å². The van der Waals surface area contributed by atoms with Gasteiger partial charge < -0.3 is 20.6 Å². The van der Waals surface area contributed by atoms with E-state index in [-0.39, 0.29) is 58.5 Å². The fourth-order valence-corrected chi connectivity index (χ4v) is 6.04. The fourth-order valence-electron chi connectivity index (χ4n) is 5.08. The lowest BCUT2D eigenvalue weighted by molar-refractivity contribution is -0.125. The molecule has 0 saturated carbocycles. The maximum Gasteiger partial charge on any atom is 0.294 e. The van der Waals surface area contributed by atoms with Gasteiger partial charge >= 0.3 is 0 Å². The number of likely N-dealkylation sites (tertiary alicyclic amines) is 1. The van der Waals surface area contributed by atoms with E-state index in [2.05, 4.69) is 20.8 Å². The Hall–Kier alpha value is -5.96. The lowest BCUT2D eigenvalue weighted by Crippen LogP contribution is -2.29. The second kappa shape index (κ2) is 14.1. The van der Waals surface area contributed by atoms with Gasteiger partial charge in [-0.2, -0.15) is 36.7 Å². The Morgan fingerprint density at radius 1 is 0.863 bits per heavy atom. The molecular weight excluding hydrogens is 711 g/mol. The molecule has 1 aromatic heterocycles. The van der Waals surface area contributed by atoms with E-state index in [1.54, 1.807) is 0 Å². The number of hydrogen-bond acceptors (Lipinski definition) is 11. The summed E-state index contributed by atoms with van der Waals surface area (Å²) in [6.07, 6.45) is 6.03. The van der Waals surface area contributed by atoms with Crippen LogP contribution >= 0.6 is 0 Å². The molecule has 266 valence electrons. The molecule has 2 aromatic carbocycles. The summed E-state index contributed by atoms with van der Waals surface area (Å²) in [6.45, 7) is 0.280. The van der Waals surface area contributed by atoms with Gasteiger partial charge in [-0.25, -0.2) is 0 Å². The summed E-state index contributed by atoms with van der Waals surface area (Å²) in [4.78, 5) is 52.5. The quantitative estimate of drug-likeness (QED) is 0.111. The maximum absolute atomic E-state index is 13.5. The first kappa shape index (κ1) is 36.3. The van der Waals surface area contributed by atoms with Gasteiger partial charge in [-0.15, -0.1) is 0 Å². The number of carbonyl (C=O) groups excluding carboxylic acids is 4. The van der Waals surface area contributed by atoms with E-state index in [1.807, 2.05) is 0 Å². The molecule has 20 heteroatoms. The minimum Gasteiger partial charge on any atom is -0.493 e. The molecule has 0 atom stereocenters. The van der Waals surface area contributed by atoms with Crippen LogP contribution in [0.25, 0.3) is 11.8 Å². The van der Waals surface area contributed by atoms with E-state index in [0.717, 1.165) is 34.0 Å². The lowest BCUT2D eigenvalue weighted by atomic mass is 10.1. The minimum absolute atomic E-state index is 0.0814. The highest BCUT2D eigenvalue weighted by molar-refractivity contribution is 7.86. The highest BCUT2D eigenvalue weighted by Crippen LogP contribution is 2.30. The van der Waals surface area contributed by atoms with Crippen LogP contribution in [-0.4, -0.2) is 95.7 Å². The van der Waals surface area contributed by atoms with Crippen LogP contribution in [-0.2, 0) is 34.6 Å². The first-order valence-electron chi connectivity index (χ1n) is 14.8. The number of carbonyl (C=O) groups is 4. The van der Waals surface area contributed by atoms with Crippen LogP contribution in [0.5, 0.6) is 5.88 Å². The molecule has 0 spiro atoms. The Bertz CT molecular complexity index is 2290. The van der Waals surface area contributed by atoms with Gasteiger partial charge in [0.2, 0.25) is 11.8 Å². The molecule has 0 radical (unpaired) electrons. The monoisotopic (exact) mass is 739 g/mol. The summed E-state index contributed by atoms with van der Waals surface area (Å²) < 4.78 is 65.4. The van der Waals surface area contributed by atoms with Crippen LogP contribution in [0.15, 0.2) is 92.9 Å². The largest absolute Gasteiger partial charge is 0.493 e. The summed E-state index contributed by atoms with van der Waals surface area (Å²) in [5, 5.41) is 25.1. The van der Waals surface area contributed by atoms with Crippen molar-refractivity contribution in [1.29, 1.82) is 0 Å². The van der Waals surface area contributed by atoms with Gasteiger partial charge in [0.05, 0.1) is 32.3 Å². The average molecular weight is 740 g/mol. The van der Waals surface area contributed by atoms with Gasteiger partial charge in [-0.05, 0) is 79.3 Å². The average Bonchev–Trinajstić information content (AvgIpc) is 3.78. The van der Waals surface area contributed by atoms with Crippen molar-refractivity contribution in [3.63, 3.8) is 0 Å². The Kier molecular flexibility index (Phi) is 10.0. The van der Waals surface area contributed by atoms with E-state index in [4.69, 9.17) is 0 Å². The molecule has 18 nitrogen and oxygen atoms in total. The van der Waals surface area contributed by atoms with Gasteiger partial charge in [-0.1, -0.05) is 0 Å². The Labute approximate surface area is 290 Å². The lowest BCUT2D eigenvalue weighted by Gasteiger charge is -2.16. The predicted octanol–water partition coefficient (Wildman–Crippen LogP) is 1.03. The van der Waals surface area contributed by atoms with Crippen LogP contribution in [0.2, 0.25) is 0 Å². The molecule has 2 aliphatic rings. The Balaban J connectivity index is 1.57. The third-order valence-corrected chi connectivity index (χ3v) is 9.38. The van der Waals surface area contributed by atoms with Crippen molar-refractivity contribution < 1.29 is 50.2 Å². The molecule has 1 fully saturated rings. The molecule has 5 rings (SSSR count). The topological polar surface area (TPSA) is 258 Å². The van der Waals surface area contributed by atoms with E-state index >= 15 is 0 Å². The van der Waals surface area contributed by atoms with Crippen LogP contribution in [0.3, 0.4) is 0 Å². The van der Waals surface area contributed by atoms with E-state index in [9.17, 15) is 50.2 Å². The van der Waals surface area contributed by atoms with E-state index in [1.165, 1.54) is 67.6 Å². The van der Waals surface area contributed by atoms with Crippen molar-refractivity contribution in [1.82, 2.24) is 25.3 Å². The number of anilines is 1. The van der Waals surface area contributed by atoms with Gasteiger partial charge in [0, 0.05) is 32.8 Å². The second-order valence-corrected chi connectivity index (χ2v) is 13.7. The Morgan fingerprint density at radius 2 is 1.43 bits per heavy atom. The second-order valence-electron chi connectivity index (χ2n) is 10.8. The Morgan fingerprint density at radius 3 is 1.94 bits per heavy atom. The normalized spacial score (nSPS) is 16.4. The molecule has 3 aromatic rings. The molecule has 5 N–H and O–H groups in total. The van der Waals surface area contributed by atoms with Crippen molar-refractivity contribution in [3.8, 4) is 11.6 Å². The number of aromatic hydroxyl groups is 1. The summed E-state index contributed by atoms with van der Waals surface area (Å²) in [7, 11) is -6.36. The summed E-state index contributed by atoms with van der Waals surface area (Å²) >= 11 is 0. The maximum atomic E-state index is 13.5. The number of nitrogens with zero attached hydrogens (tertiary/aromatic N) is 5. The van der Waals surface area contributed by atoms with Gasteiger partial charge in [-0.3, -0.25) is 28.3 Å². The van der Waals surface area contributed by atoms with Crippen molar-refractivity contribution in [2.45, 2.75) is 22.6 Å². The number of rotatable bonds is 10. The molecule has 51 heavy (non-hydrogen) atoms. The number of nitrogens with one attached hydrogen (secondary N) is 2. The molecule has 0 bridgehead atoms. The zero-order valence-corrected chi connectivity index (χ0v) is 28.3. The van der Waals surface area contributed by atoms with Gasteiger partial charge in [0.25, 0.3) is 38.0 Å². The van der Waals surface area contributed by atoms with Gasteiger partial charge in [0.15, 0.2) is 11.4 Å². The van der Waals surface area contributed by atoms with Crippen molar-refractivity contribution in [2.75, 3.05) is 25.6 Å². The number of hydrogen-bond donors (Lipinski definition) is 5. The van der Waals surface area contributed by atoms with Crippen molar-refractivity contribution in [2.24, 2.45) is 5.10 Å². The molecule has 3 heterocycles. The standard InChI is InChI=1S/C31H29N7O11S2/c1-32-28(40)26-23(30(42)37(34-26)19-5-11-21(12-6-19)50(44,45)46)15-9-18(36-17-3-4-25(36)39)10-16-24-27(29(41)33-2)35-38(31(24)43)20-7-13-22(14-8-20)51(47,48)49/h5-16,42H,3-4,17H2,1-2H3,(H,32,40)(H,33,41)(H,44,45,46)(H,47,48,49)/b15-9+,18-10-,24-16-. The molecule has 1 saturated heterocycles. The molecular formula is C31H29N7O11S2. The number of allylic oxidation sites excluding steroid dienone is 3.